The van der Waals surface area contributed by atoms with E-state index in [-0.39, 0.29) is 30.0 Å². The van der Waals surface area contributed by atoms with Crippen LogP contribution in [0.4, 0.5) is 5.82 Å². The van der Waals surface area contributed by atoms with Crippen molar-refractivity contribution in [3.8, 4) is 6.01 Å². The molecule has 3 rings (SSSR count). The molecular weight excluding hydrogens is 348 g/mol. The third-order valence-corrected chi connectivity index (χ3v) is 4.64. The first kappa shape index (κ1) is 18.2. The van der Waals surface area contributed by atoms with Gasteiger partial charge in [0.15, 0.2) is 5.82 Å². The number of nitrogens with zero attached hydrogens (tertiary/aromatic N) is 2. The lowest BCUT2D eigenvalue weighted by Crippen LogP contribution is -2.43. The van der Waals surface area contributed by atoms with Crippen molar-refractivity contribution in [2.24, 2.45) is 5.92 Å². The average Bonchev–Trinajstić information content (AvgIpc) is 3.11. The number of amides is 1. The van der Waals surface area contributed by atoms with Crippen molar-refractivity contribution in [2.75, 3.05) is 38.8 Å². The Kier molecular flexibility index (Phi) is 6.28. The van der Waals surface area contributed by atoms with E-state index in [0.29, 0.717) is 37.0 Å². The van der Waals surface area contributed by atoms with Gasteiger partial charge in [-0.15, -0.1) is 0 Å². The third-order valence-electron chi connectivity index (χ3n) is 4.36. The second-order valence-corrected chi connectivity index (χ2v) is 6.65. The fourth-order valence-corrected chi connectivity index (χ4v) is 3.15. The van der Waals surface area contributed by atoms with Crippen molar-refractivity contribution < 1.29 is 19.0 Å². The highest BCUT2D eigenvalue weighted by atomic mass is 35.5. The molecule has 1 amide bonds. The van der Waals surface area contributed by atoms with Gasteiger partial charge in [-0.3, -0.25) is 4.79 Å². The van der Waals surface area contributed by atoms with E-state index in [1.54, 1.807) is 0 Å². The molecule has 138 valence electrons. The van der Waals surface area contributed by atoms with Crippen molar-refractivity contribution in [3.63, 3.8) is 0 Å². The summed E-state index contributed by atoms with van der Waals surface area (Å²) in [4.78, 5) is 20.4. The Hall–Kier alpha value is -1.64. The lowest BCUT2D eigenvalue weighted by atomic mass is 10.0. The van der Waals surface area contributed by atoms with Crippen molar-refractivity contribution in [2.45, 2.75) is 31.4 Å². The number of anilines is 1. The number of halogens is 1. The molecule has 8 nitrogen and oxygen atoms in total. The molecule has 1 aromatic rings. The summed E-state index contributed by atoms with van der Waals surface area (Å²) >= 11 is 6.07. The number of aromatic nitrogens is 2. The van der Waals surface area contributed by atoms with Crippen LogP contribution < -0.4 is 15.4 Å². The second-order valence-electron chi connectivity index (χ2n) is 6.24. The Morgan fingerprint density at radius 2 is 2.36 bits per heavy atom. The zero-order chi connectivity index (χ0) is 17.6. The summed E-state index contributed by atoms with van der Waals surface area (Å²) in [6.07, 6.45) is 4.02. The Labute approximate surface area is 151 Å². The number of hydrogen-bond donors (Lipinski definition) is 2. The molecule has 25 heavy (non-hydrogen) atoms. The van der Waals surface area contributed by atoms with Crippen molar-refractivity contribution in [1.29, 1.82) is 0 Å². The minimum atomic E-state index is -0.135. The molecule has 2 fully saturated rings. The largest absolute Gasteiger partial charge is 0.467 e. The molecule has 0 aliphatic carbocycles. The molecule has 0 unspecified atom stereocenters. The standard InChI is InChI=1S/C16H23ClN4O4/c1-23-16-19-7-13(17)14(21-16)18-6-12-5-10(8-25-12)15(22)20-11-3-2-4-24-9-11/h7,10-12H,2-6,8-9H2,1H3,(H,20,22)(H,18,19,21)/t10-,11-,12-/m0/s1. The summed E-state index contributed by atoms with van der Waals surface area (Å²) in [7, 11) is 1.49. The molecule has 2 aliphatic rings. The highest BCUT2D eigenvalue weighted by molar-refractivity contribution is 6.32. The van der Waals surface area contributed by atoms with Crippen LogP contribution in [0.15, 0.2) is 6.20 Å². The summed E-state index contributed by atoms with van der Waals surface area (Å²) in [5.41, 5.74) is 0. The normalized spacial score (nSPS) is 26.2. The van der Waals surface area contributed by atoms with Crippen LogP contribution in [-0.4, -0.2) is 61.5 Å². The molecule has 2 aliphatic heterocycles. The van der Waals surface area contributed by atoms with Gasteiger partial charge in [0.2, 0.25) is 5.91 Å². The summed E-state index contributed by atoms with van der Waals surface area (Å²) in [5, 5.41) is 6.60. The topological polar surface area (TPSA) is 94.6 Å². The van der Waals surface area contributed by atoms with E-state index in [9.17, 15) is 4.79 Å². The number of ether oxygens (including phenoxy) is 3. The first-order valence-corrected chi connectivity index (χ1v) is 8.83. The van der Waals surface area contributed by atoms with Crippen LogP contribution in [0.1, 0.15) is 19.3 Å². The Morgan fingerprint density at radius 1 is 1.48 bits per heavy atom. The first-order valence-electron chi connectivity index (χ1n) is 8.46. The van der Waals surface area contributed by atoms with Gasteiger partial charge in [0.05, 0.1) is 44.6 Å². The fourth-order valence-electron chi connectivity index (χ4n) is 2.99. The lowest BCUT2D eigenvalue weighted by molar-refractivity contribution is -0.126. The van der Waals surface area contributed by atoms with Crippen molar-refractivity contribution in [3.05, 3.63) is 11.2 Å². The summed E-state index contributed by atoms with van der Waals surface area (Å²) in [5.74, 6) is 0.397. The Bertz CT molecular complexity index is 597. The maximum atomic E-state index is 12.3. The molecule has 1 aromatic heterocycles. The van der Waals surface area contributed by atoms with E-state index in [1.165, 1.54) is 13.3 Å². The van der Waals surface area contributed by atoms with Gasteiger partial charge in [0.1, 0.15) is 5.02 Å². The van der Waals surface area contributed by atoms with E-state index in [4.69, 9.17) is 25.8 Å². The van der Waals surface area contributed by atoms with Crippen LogP contribution >= 0.6 is 11.6 Å². The average molecular weight is 371 g/mol. The molecule has 2 saturated heterocycles. The lowest BCUT2D eigenvalue weighted by Gasteiger charge is -2.24. The van der Waals surface area contributed by atoms with Gasteiger partial charge in [0, 0.05) is 13.2 Å². The van der Waals surface area contributed by atoms with E-state index in [1.807, 2.05) is 0 Å². The van der Waals surface area contributed by atoms with E-state index in [0.717, 1.165) is 19.4 Å². The molecule has 9 heteroatoms. The molecule has 3 heterocycles. The van der Waals surface area contributed by atoms with Crippen LogP contribution in [0.2, 0.25) is 5.02 Å². The van der Waals surface area contributed by atoms with Gasteiger partial charge in [-0.2, -0.15) is 4.98 Å². The van der Waals surface area contributed by atoms with Crippen LogP contribution in [0.25, 0.3) is 0 Å². The molecule has 0 spiro atoms. The van der Waals surface area contributed by atoms with Crippen LogP contribution in [-0.2, 0) is 14.3 Å². The molecular formula is C16H23ClN4O4. The molecule has 2 N–H and O–H groups in total. The monoisotopic (exact) mass is 370 g/mol. The van der Waals surface area contributed by atoms with Gasteiger partial charge in [-0.25, -0.2) is 4.98 Å². The Balaban J connectivity index is 1.45. The molecule has 0 saturated carbocycles. The maximum Gasteiger partial charge on any atom is 0.318 e. The number of carbonyl (C=O) groups is 1. The smallest absolute Gasteiger partial charge is 0.318 e. The van der Waals surface area contributed by atoms with E-state index in [2.05, 4.69) is 20.6 Å². The minimum Gasteiger partial charge on any atom is -0.467 e. The summed E-state index contributed by atoms with van der Waals surface area (Å²) in [6, 6.07) is 0.358. The SMILES string of the molecule is COc1ncc(Cl)c(NC[C@@H]2C[C@H](C(=O)N[C@H]3CCCOC3)CO2)n1. The number of carbonyl (C=O) groups excluding carboxylic acids is 1. The minimum absolute atomic E-state index is 0.0414. The van der Waals surface area contributed by atoms with E-state index < -0.39 is 0 Å². The molecule has 0 radical (unpaired) electrons. The zero-order valence-corrected chi connectivity index (χ0v) is 14.9. The molecule has 3 atom stereocenters. The number of hydrogen-bond acceptors (Lipinski definition) is 7. The number of rotatable bonds is 6. The molecule has 0 aromatic carbocycles. The van der Waals surface area contributed by atoms with Gasteiger partial charge >= 0.3 is 6.01 Å². The van der Waals surface area contributed by atoms with Gasteiger partial charge in [-0.1, -0.05) is 11.6 Å². The number of methoxy groups -OCH3 is 1. The van der Waals surface area contributed by atoms with Crippen molar-refractivity contribution >= 4 is 23.3 Å². The summed E-state index contributed by atoms with van der Waals surface area (Å²) < 4.78 is 16.1. The van der Waals surface area contributed by atoms with Crippen LogP contribution in [0.3, 0.4) is 0 Å². The van der Waals surface area contributed by atoms with Gasteiger partial charge in [0.25, 0.3) is 0 Å². The first-order chi connectivity index (χ1) is 12.2. The zero-order valence-electron chi connectivity index (χ0n) is 14.2. The predicted molar refractivity (Wildman–Crippen MR) is 91.9 cm³/mol. The van der Waals surface area contributed by atoms with Crippen LogP contribution in [0, 0.1) is 5.92 Å². The predicted octanol–water partition coefficient (Wildman–Crippen LogP) is 1.25. The van der Waals surface area contributed by atoms with Gasteiger partial charge < -0.3 is 24.8 Å². The van der Waals surface area contributed by atoms with Crippen molar-refractivity contribution in [1.82, 2.24) is 15.3 Å². The quantitative estimate of drug-likeness (QED) is 0.778. The fraction of sp³-hybridized carbons (Fsp3) is 0.688. The second kappa shape index (κ2) is 8.64. The summed E-state index contributed by atoms with van der Waals surface area (Å²) in [6.45, 7) is 2.31. The maximum absolute atomic E-state index is 12.3. The van der Waals surface area contributed by atoms with E-state index >= 15 is 0 Å². The van der Waals surface area contributed by atoms with Gasteiger partial charge in [-0.05, 0) is 19.3 Å². The highest BCUT2D eigenvalue weighted by Gasteiger charge is 2.32. The third kappa shape index (κ3) is 4.93. The molecule has 0 bridgehead atoms. The van der Waals surface area contributed by atoms with Crippen LogP contribution in [0.5, 0.6) is 6.01 Å². The number of nitrogens with one attached hydrogen (secondary N) is 2. The Morgan fingerprint density at radius 3 is 3.12 bits per heavy atom. The highest BCUT2D eigenvalue weighted by Crippen LogP contribution is 2.24.